The molecule has 1 aliphatic carbocycles. The zero-order chi connectivity index (χ0) is 13.0. The number of aryl methyl sites for hydroxylation is 2. The summed E-state index contributed by atoms with van der Waals surface area (Å²) in [6.45, 7) is 2.33. The first kappa shape index (κ1) is 13.1. The van der Waals surface area contributed by atoms with Gasteiger partial charge in [0.15, 0.2) is 0 Å². The molecule has 0 N–H and O–H groups in total. The van der Waals surface area contributed by atoms with Crippen LogP contribution in [0.15, 0.2) is 18.2 Å². The summed E-state index contributed by atoms with van der Waals surface area (Å²) in [5, 5.41) is 0. The van der Waals surface area contributed by atoms with Crippen LogP contribution in [-0.4, -0.2) is 13.1 Å². The first-order valence-corrected chi connectivity index (χ1v) is 6.86. The molecular weight excluding hydrogens is 224 g/mol. The monoisotopic (exact) mass is 246 g/mol. The Morgan fingerprint density at radius 2 is 2.22 bits per heavy atom. The molecule has 1 aliphatic rings. The maximum atomic E-state index is 11.1. The van der Waals surface area contributed by atoms with Crippen LogP contribution in [0.25, 0.3) is 0 Å². The number of ether oxygens (including phenoxy) is 1. The Balaban J connectivity index is 1.94. The van der Waals surface area contributed by atoms with E-state index < -0.39 is 0 Å². The van der Waals surface area contributed by atoms with Crippen molar-refractivity contribution in [2.45, 2.75) is 45.4 Å². The molecule has 98 valence electrons. The molecule has 2 nitrogen and oxygen atoms in total. The third-order valence-corrected chi connectivity index (χ3v) is 3.82. The van der Waals surface area contributed by atoms with Crippen molar-refractivity contribution in [3.05, 3.63) is 34.9 Å². The van der Waals surface area contributed by atoms with E-state index in [1.165, 1.54) is 43.1 Å². The Morgan fingerprint density at radius 3 is 3.00 bits per heavy atom. The van der Waals surface area contributed by atoms with Crippen LogP contribution in [-0.2, 0) is 28.8 Å². The number of benzene rings is 1. The molecule has 0 aromatic heterocycles. The summed E-state index contributed by atoms with van der Waals surface area (Å²) in [4.78, 5) is 11.1. The van der Waals surface area contributed by atoms with Crippen LogP contribution < -0.4 is 0 Å². The van der Waals surface area contributed by atoms with E-state index in [1.807, 2.05) is 0 Å². The minimum atomic E-state index is -0.110. The van der Waals surface area contributed by atoms with Gasteiger partial charge in [0.2, 0.25) is 0 Å². The van der Waals surface area contributed by atoms with Gasteiger partial charge in [-0.2, -0.15) is 0 Å². The standard InChI is InChI=1S/C16H22O2/c1-12-6-8-14-9-7-13(11-15(14)10-12)4-3-5-16(17)18-2/h7,9,11-12H,3-6,8,10H2,1-2H3. The number of carbonyl (C=O) groups is 1. The van der Waals surface area contributed by atoms with Crippen LogP contribution in [0.1, 0.15) is 42.9 Å². The van der Waals surface area contributed by atoms with Gasteiger partial charge in [-0.25, -0.2) is 0 Å². The lowest BCUT2D eigenvalue weighted by Gasteiger charge is -2.22. The number of fused-ring (bicyclic) bond motifs is 1. The second-order valence-corrected chi connectivity index (χ2v) is 5.38. The lowest BCUT2D eigenvalue weighted by molar-refractivity contribution is -0.140. The number of carbonyl (C=O) groups excluding carboxylic acids is 1. The second-order valence-electron chi connectivity index (χ2n) is 5.38. The van der Waals surface area contributed by atoms with Gasteiger partial charge in [-0.05, 0) is 54.7 Å². The number of hydrogen-bond donors (Lipinski definition) is 0. The van der Waals surface area contributed by atoms with E-state index in [9.17, 15) is 4.79 Å². The summed E-state index contributed by atoms with van der Waals surface area (Å²) < 4.78 is 4.65. The van der Waals surface area contributed by atoms with Crippen molar-refractivity contribution < 1.29 is 9.53 Å². The molecule has 0 bridgehead atoms. The van der Waals surface area contributed by atoms with Crippen molar-refractivity contribution in [2.24, 2.45) is 5.92 Å². The maximum absolute atomic E-state index is 11.1. The van der Waals surface area contributed by atoms with Gasteiger partial charge in [-0.3, -0.25) is 4.79 Å². The first-order valence-electron chi connectivity index (χ1n) is 6.86. The van der Waals surface area contributed by atoms with Crippen molar-refractivity contribution in [3.8, 4) is 0 Å². The van der Waals surface area contributed by atoms with Crippen molar-refractivity contribution in [3.63, 3.8) is 0 Å². The second kappa shape index (κ2) is 6.03. The van der Waals surface area contributed by atoms with Crippen molar-refractivity contribution in [1.82, 2.24) is 0 Å². The van der Waals surface area contributed by atoms with Gasteiger partial charge in [-0.15, -0.1) is 0 Å². The SMILES string of the molecule is COC(=O)CCCc1ccc2c(c1)CC(C)CC2. The van der Waals surface area contributed by atoms with Gasteiger partial charge in [0.1, 0.15) is 0 Å². The molecule has 1 atom stereocenters. The minimum Gasteiger partial charge on any atom is -0.469 e. The molecule has 18 heavy (non-hydrogen) atoms. The maximum Gasteiger partial charge on any atom is 0.305 e. The summed E-state index contributed by atoms with van der Waals surface area (Å²) in [5.41, 5.74) is 4.39. The predicted octanol–water partition coefficient (Wildman–Crippen LogP) is 3.31. The average molecular weight is 246 g/mol. The van der Waals surface area contributed by atoms with Crippen molar-refractivity contribution in [1.29, 1.82) is 0 Å². The molecule has 0 radical (unpaired) electrons. The van der Waals surface area contributed by atoms with Crippen molar-refractivity contribution in [2.75, 3.05) is 7.11 Å². The molecule has 1 aromatic rings. The van der Waals surface area contributed by atoms with Crippen LogP contribution in [0.3, 0.4) is 0 Å². The Labute approximate surface area is 109 Å². The number of methoxy groups -OCH3 is 1. The van der Waals surface area contributed by atoms with Gasteiger partial charge in [-0.1, -0.05) is 25.1 Å². The molecule has 0 aliphatic heterocycles. The summed E-state index contributed by atoms with van der Waals surface area (Å²) in [6, 6.07) is 6.82. The molecule has 0 saturated heterocycles. The molecule has 0 amide bonds. The van der Waals surface area contributed by atoms with Crippen LogP contribution >= 0.6 is 0 Å². The van der Waals surface area contributed by atoms with Crippen molar-refractivity contribution >= 4 is 5.97 Å². The summed E-state index contributed by atoms with van der Waals surface area (Å²) in [5.74, 6) is 0.699. The van der Waals surface area contributed by atoms with Crippen LogP contribution in [0.2, 0.25) is 0 Å². The molecule has 2 heteroatoms. The highest BCUT2D eigenvalue weighted by Crippen LogP contribution is 2.26. The molecule has 0 saturated carbocycles. The molecule has 1 aromatic carbocycles. The normalized spacial score (nSPS) is 18.2. The Bertz CT molecular complexity index is 423. The van der Waals surface area contributed by atoms with Gasteiger partial charge < -0.3 is 4.74 Å². The number of hydrogen-bond acceptors (Lipinski definition) is 2. The molecule has 0 fully saturated rings. The van der Waals surface area contributed by atoms with E-state index in [-0.39, 0.29) is 5.97 Å². The molecule has 1 unspecified atom stereocenters. The van der Waals surface area contributed by atoms with Gasteiger partial charge in [0.05, 0.1) is 7.11 Å². The number of esters is 1. The van der Waals surface area contributed by atoms with E-state index in [0.29, 0.717) is 6.42 Å². The quantitative estimate of drug-likeness (QED) is 0.762. The van der Waals surface area contributed by atoms with Gasteiger partial charge in [0.25, 0.3) is 0 Å². The fraction of sp³-hybridized carbons (Fsp3) is 0.562. The lowest BCUT2D eigenvalue weighted by Crippen LogP contribution is -2.11. The van der Waals surface area contributed by atoms with E-state index in [1.54, 1.807) is 0 Å². The Kier molecular flexibility index (Phi) is 4.40. The van der Waals surface area contributed by atoms with E-state index in [0.717, 1.165) is 18.8 Å². The van der Waals surface area contributed by atoms with Gasteiger partial charge >= 0.3 is 5.97 Å². The number of rotatable bonds is 4. The Morgan fingerprint density at radius 1 is 1.39 bits per heavy atom. The third kappa shape index (κ3) is 3.34. The zero-order valence-electron chi connectivity index (χ0n) is 11.4. The summed E-state index contributed by atoms with van der Waals surface area (Å²) in [7, 11) is 1.45. The van der Waals surface area contributed by atoms with Crippen LogP contribution in [0, 0.1) is 5.92 Å². The third-order valence-electron chi connectivity index (χ3n) is 3.82. The summed E-state index contributed by atoms with van der Waals surface area (Å²) >= 11 is 0. The minimum absolute atomic E-state index is 0.110. The zero-order valence-corrected chi connectivity index (χ0v) is 11.4. The fourth-order valence-corrected chi connectivity index (χ4v) is 2.69. The van der Waals surface area contributed by atoms with E-state index in [2.05, 4.69) is 29.9 Å². The van der Waals surface area contributed by atoms with Crippen LogP contribution in [0.4, 0.5) is 0 Å². The molecule has 0 spiro atoms. The molecule has 2 rings (SSSR count). The highest BCUT2D eigenvalue weighted by molar-refractivity contribution is 5.69. The Hall–Kier alpha value is -1.31. The highest BCUT2D eigenvalue weighted by Gasteiger charge is 2.15. The fourth-order valence-electron chi connectivity index (χ4n) is 2.69. The predicted molar refractivity (Wildman–Crippen MR) is 72.6 cm³/mol. The van der Waals surface area contributed by atoms with E-state index >= 15 is 0 Å². The molecule has 0 heterocycles. The topological polar surface area (TPSA) is 26.3 Å². The highest BCUT2D eigenvalue weighted by atomic mass is 16.5. The van der Waals surface area contributed by atoms with E-state index in [4.69, 9.17) is 0 Å². The first-order chi connectivity index (χ1) is 8.69. The van der Waals surface area contributed by atoms with Gasteiger partial charge in [0, 0.05) is 6.42 Å². The largest absolute Gasteiger partial charge is 0.469 e. The lowest BCUT2D eigenvalue weighted by atomic mass is 9.84. The summed E-state index contributed by atoms with van der Waals surface area (Å²) in [6.07, 6.45) is 6.11. The van der Waals surface area contributed by atoms with Crippen LogP contribution in [0.5, 0.6) is 0 Å². The molecular formula is C16H22O2. The smallest absolute Gasteiger partial charge is 0.305 e. The average Bonchev–Trinajstić information content (AvgIpc) is 2.38.